The van der Waals surface area contributed by atoms with Crippen LogP contribution >= 0.6 is 0 Å². The first-order chi connectivity index (χ1) is 6.45. The van der Waals surface area contributed by atoms with Crippen LogP contribution in [0.2, 0.25) is 0 Å². The molecule has 83 valence electrons. The van der Waals surface area contributed by atoms with E-state index in [9.17, 15) is 4.79 Å². The van der Waals surface area contributed by atoms with Crippen LogP contribution in [-0.4, -0.2) is 42.7 Å². The minimum Gasteiger partial charge on any atom is -0.480 e. The SMILES string of the molecule is CN(C)[C](N)NCCC[C@H](N)C(=O)O. The lowest BCUT2D eigenvalue weighted by atomic mass is 10.2. The van der Waals surface area contributed by atoms with Crippen molar-refractivity contribution in [3.63, 3.8) is 0 Å². The number of carboxylic acids is 1. The van der Waals surface area contributed by atoms with Gasteiger partial charge in [0, 0.05) is 0 Å². The maximum absolute atomic E-state index is 10.4. The lowest BCUT2D eigenvalue weighted by molar-refractivity contribution is -0.138. The molecule has 0 spiro atoms. The minimum absolute atomic E-state index is 0.447. The molecule has 1 atom stereocenters. The highest BCUT2D eigenvalue weighted by Gasteiger charge is 2.11. The van der Waals surface area contributed by atoms with E-state index in [1.807, 2.05) is 14.1 Å². The van der Waals surface area contributed by atoms with Gasteiger partial charge in [-0.25, -0.2) is 0 Å². The van der Waals surface area contributed by atoms with E-state index in [4.69, 9.17) is 16.6 Å². The first-order valence-electron chi connectivity index (χ1n) is 4.47. The van der Waals surface area contributed by atoms with Crippen molar-refractivity contribution in [1.82, 2.24) is 10.2 Å². The number of nitrogens with one attached hydrogen (secondary N) is 1. The molecule has 0 rings (SSSR count). The quantitative estimate of drug-likeness (QED) is 0.385. The summed E-state index contributed by atoms with van der Waals surface area (Å²) in [5.74, 6) is -0.963. The van der Waals surface area contributed by atoms with Gasteiger partial charge in [0.1, 0.15) is 6.04 Å². The lowest BCUT2D eigenvalue weighted by Gasteiger charge is -2.19. The molecule has 0 aliphatic rings. The third-order valence-electron chi connectivity index (χ3n) is 1.80. The van der Waals surface area contributed by atoms with Gasteiger partial charge in [0.25, 0.3) is 0 Å². The largest absolute Gasteiger partial charge is 0.480 e. The second kappa shape index (κ2) is 6.72. The Labute approximate surface area is 84.2 Å². The monoisotopic (exact) mass is 203 g/mol. The van der Waals surface area contributed by atoms with Gasteiger partial charge < -0.3 is 10.8 Å². The first-order valence-corrected chi connectivity index (χ1v) is 4.47. The number of carboxylic acid groups (broad SMARTS) is 1. The van der Waals surface area contributed by atoms with Crippen LogP contribution in [-0.2, 0) is 4.79 Å². The van der Waals surface area contributed by atoms with Crippen molar-refractivity contribution in [2.75, 3.05) is 20.6 Å². The van der Waals surface area contributed by atoms with Crippen LogP contribution < -0.4 is 16.8 Å². The fourth-order valence-corrected chi connectivity index (χ4v) is 0.820. The third-order valence-corrected chi connectivity index (χ3v) is 1.80. The van der Waals surface area contributed by atoms with Crippen LogP contribution in [0.25, 0.3) is 0 Å². The molecule has 14 heavy (non-hydrogen) atoms. The van der Waals surface area contributed by atoms with Gasteiger partial charge in [-0.2, -0.15) is 0 Å². The molecule has 0 bridgehead atoms. The predicted octanol–water partition coefficient (Wildman–Crippen LogP) is -1.26. The molecular weight excluding hydrogens is 184 g/mol. The van der Waals surface area contributed by atoms with Gasteiger partial charge in [-0.1, -0.05) is 0 Å². The number of nitrogens with two attached hydrogens (primary N) is 2. The molecule has 0 amide bonds. The van der Waals surface area contributed by atoms with Crippen molar-refractivity contribution < 1.29 is 9.90 Å². The maximum atomic E-state index is 10.4. The summed E-state index contributed by atoms with van der Waals surface area (Å²) in [6.07, 6.45) is 1.69. The third kappa shape index (κ3) is 5.87. The summed E-state index contributed by atoms with van der Waals surface area (Å²) in [7, 11) is 3.65. The molecule has 0 aromatic carbocycles. The number of hydrogen-bond donors (Lipinski definition) is 4. The Hall–Kier alpha value is -0.690. The smallest absolute Gasteiger partial charge is 0.320 e. The molecule has 6 N–H and O–H groups in total. The Bertz CT molecular complexity index is 175. The van der Waals surface area contributed by atoms with Crippen LogP contribution in [0.3, 0.4) is 0 Å². The van der Waals surface area contributed by atoms with Gasteiger partial charge in [0.2, 0.25) is 0 Å². The molecule has 0 saturated heterocycles. The van der Waals surface area contributed by atoms with Crippen molar-refractivity contribution in [3.8, 4) is 0 Å². The zero-order valence-electron chi connectivity index (χ0n) is 8.66. The van der Waals surface area contributed by atoms with E-state index in [1.54, 1.807) is 4.90 Å². The van der Waals surface area contributed by atoms with Crippen LogP contribution in [0.1, 0.15) is 12.8 Å². The topological polar surface area (TPSA) is 105 Å². The highest BCUT2D eigenvalue weighted by molar-refractivity contribution is 5.72. The molecule has 0 aromatic heterocycles. The molecule has 1 radical (unpaired) electrons. The van der Waals surface area contributed by atoms with Gasteiger partial charge in [-0.3, -0.25) is 20.7 Å². The number of rotatable bonds is 7. The molecule has 0 aliphatic heterocycles. The van der Waals surface area contributed by atoms with Crippen molar-refractivity contribution >= 4 is 5.97 Å². The average Bonchev–Trinajstić information content (AvgIpc) is 2.11. The first kappa shape index (κ1) is 13.3. The molecule has 6 heteroatoms. The van der Waals surface area contributed by atoms with Crippen molar-refractivity contribution in [1.29, 1.82) is 0 Å². The summed E-state index contributed by atoms with van der Waals surface area (Å²) in [6, 6.07) is -0.780. The summed E-state index contributed by atoms with van der Waals surface area (Å²) in [5, 5.41) is 11.4. The molecule has 0 saturated carbocycles. The van der Waals surface area contributed by atoms with Gasteiger partial charge in [-0.15, -0.1) is 0 Å². The lowest BCUT2D eigenvalue weighted by Crippen LogP contribution is -2.41. The highest BCUT2D eigenvalue weighted by atomic mass is 16.4. The summed E-state index contributed by atoms with van der Waals surface area (Å²) < 4.78 is 0. The summed E-state index contributed by atoms with van der Waals surface area (Å²) in [4.78, 5) is 12.1. The number of aliphatic carboxylic acids is 1. The molecule has 6 nitrogen and oxygen atoms in total. The van der Waals surface area contributed by atoms with E-state index in [0.29, 0.717) is 25.7 Å². The van der Waals surface area contributed by atoms with Crippen molar-refractivity contribution in [2.45, 2.75) is 18.9 Å². The Morgan fingerprint density at radius 2 is 2.14 bits per heavy atom. The number of hydrogen-bond acceptors (Lipinski definition) is 5. The summed E-state index contributed by atoms with van der Waals surface area (Å²) >= 11 is 0. The van der Waals surface area contributed by atoms with E-state index in [1.165, 1.54) is 0 Å². The van der Waals surface area contributed by atoms with Gasteiger partial charge >= 0.3 is 5.97 Å². The molecule has 0 aromatic rings. The second-order valence-corrected chi connectivity index (χ2v) is 3.29. The Balaban J connectivity index is 3.42. The van der Waals surface area contributed by atoms with E-state index in [0.717, 1.165) is 0 Å². The van der Waals surface area contributed by atoms with Crippen molar-refractivity contribution in [2.24, 2.45) is 11.5 Å². The Morgan fingerprint density at radius 3 is 2.57 bits per heavy atom. The predicted molar refractivity (Wildman–Crippen MR) is 54.0 cm³/mol. The van der Waals surface area contributed by atoms with E-state index >= 15 is 0 Å². The molecule has 0 fully saturated rings. The number of nitrogens with zero attached hydrogens (tertiary/aromatic N) is 1. The summed E-state index contributed by atoms with van der Waals surface area (Å²) in [5.41, 5.74) is 10.9. The Kier molecular flexibility index (Phi) is 6.39. The zero-order chi connectivity index (χ0) is 11.1. The van der Waals surface area contributed by atoms with Gasteiger partial charge in [0.15, 0.2) is 6.29 Å². The van der Waals surface area contributed by atoms with Gasteiger partial charge in [-0.05, 0) is 33.5 Å². The fourth-order valence-electron chi connectivity index (χ4n) is 0.820. The van der Waals surface area contributed by atoms with Crippen LogP contribution in [0.5, 0.6) is 0 Å². The molecule has 0 aliphatic carbocycles. The fraction of sp³-hybridized carbons (Fsp3) is 0.750. The normalized spacial score (nSPS) is 13.6. The summed E-state index contributed by atoms with van der Waals surface area (Å²) in [6.45, 7) is 0.630. The number of carbonyl (C=O) groups is 1. The Morgan fingerprint density at radius 1 is 1.57 bits per heavy atom. The molecular formula is C8H19N4O2. The molecule has 0 unspecified atom stereocenters. The maximum Gasteiger partial charge on any atom is 0.320 e. The standard InChI is InChI=1S/C8H19N4O2/c1-12(2)8(10)11-5-3-4-6(9)7(13)14/h6,11H,3-5,9-10H2,1-2H3,(H,13,14)/t6-/m0/s1. The van der Waals surface area contributed by atoms with E-state index in [-0.39, 0.29) is 0 Å². The molecule has 0 heterocycles. The second-order valence-electron chi connectivity index (χ2n) is 3.29. The minimum atomic E-state index is -0.963. The average molecular weight is 203 g/mol. The van der Waals surface area contributed by atoms with Crippen LogP contribution in [0.4, 0.5) is 0 Å². The zero-order valence-corrected chi connectivity index (χ0v) is 8.66. The van der Waals surface area contributed by atoms with E-state index < -0.39 is 12.0 Å². The van der Waals surface area contributed by atoms with Gasteiger partial charge in [0.05, 0.1) is 0 Å². The van der Waals surface area contributed by atoms with Crippen LogP contribution in [0.15, 0.2) is 0 Å². The van der Waals surface area contributed by atoms with Crippen LogP contribution in [0, 0.1) is 6.29 Å². The van der Waals surface area contributed by atoms with Crippen molar-refractivity contribution in [3.05, 3.63) is 6.29 Å². The van der Waals surface area contributed by atoms with E-state index in [2.05, 4.69) is 5.32 Å². The highest BCUT2D eigenvalue weighted by Crippen LogP contribution is 1.95.